The molecule has 0 aliphatic carbocycles. The van der Waals surface area contributed by atoms with E-state index in [2.05, 4.69) is 25.8 Å². The average molecular weight is 194 g/mol. The van der Waals surface area contributed by atoms with Crippen LogP contribution in [0.2, 0.25) is 0 Å². The van der Waals surface area contributed by atoms with Gasteiger partial charge >= 0.3 is 0 Å². The number of nitrogens with zero attached hydrogens (tertiary/aromatic N) is 1. The number of halogens is 1. The summed E-state index contributed by atoms with van der Waals surface area (Å²) >= 11 is 5.72. The summed E-state index contributed by atoms with van der Waals surface area (Å²) in [4.78, 5) is 2.27. The summed E-state index contributed by atoms with van der Waals surface area (Å²) in [6.45, 7) is 6.13. The van der Waals surface area contributed by atoms with Gasteiger partial charge in [0.2, 0.25) is 0 Å². The Kier molecular flexibility index (Phi) is 6.81. The van der Waals surface area contributed by atoms with E-state index in [1.165, 1.54) is 0 Å². The highest BCUT2D eigenvalue weighted by molar-refractivity contribution is 6.18. The van der Waals surface area contributed by atoms with Gasteiger partial charge in [-0.15, -0.1) is 11.6 Å². The summed E-state index contributed by atoms with van der Waals surface area (Å²) in [5.41, 5.74) is 0. The Balaban J connectivity index is 3.62. The summed E-state index contributed by atoms with van der Waals surface area (Å²) in [7, 11) is 3.84. The molecule has 0 heterocycles. The Morgan fingerprint density at radius 1 is 1.42 bits per heavy atom. The molecule has 0 aromatic rings. The fraction of sp³-hybridized carbons (Fsp3) is 1.00. The van der Waals surface area contributed by atoms with Crippen molar-refractivity contribution in [1.82, 2.24) is 4.90 Å². The van der Waals surface area contributed by atoms with Crippen LogP contribution in [-0.4, -0.2) is 44.1 Å². The highest BCUT2D eigenvalue weighted by Crippen LogP contribution is 2.04. The molecule has 0 N–H and O–H groups in total. The van der Waals surface area contributed by atoms with Crippen LogP contribution in [0.25, 0.3) is 0 Å². The van der Waals surface area contributed by atoms with Gasteiger partial charge in [-0.3, -0.25) is 0 Å². The molecule has 74 valence electrons. The van der Waals surface area contributed by atoms with Crippen LogP contribution in [0, 0.1) is 5.92 Å². The predicted octanol–water partition coefficient (Wildman–Crippen LogP) is 1.83. The van der Waals surface area contributed by atoms with E-state index in [-0.39, 0.29) is 0 Å². The Morgan fingerprint density at radius 2 is 2.00 bits per heavy atom. The lowest BCUT2D eigenvalue weighted by Gasteiger charge is -2.26. The van der Waals surface area contributed by atoms with Crippen molar-refractivity contribution in [2.24, 2.45) is 5.92 Å². The van der Waals surface area contributed by atoms with Crippen LogP contribution in [0.4, 0.5) is 0 Å². The molecule has 2 atom stereocenters. The third kappa shape index (κ3) is 4.96. The van der Waals surface area contributed by atoms with Gasteiger partial charge in [0.1, 0.15) is 0 Å². The van der Waals surface area contributed by atoms with E-state index >= 15 is 0 Å². The van der Waals surface area contributed by atoms with Crippen molar-refractivity contribution in [3.05, 3.63) is 0 Å². The minimum Gasteiger partial charge on any atom is -0.383 e. The lowest BCUT2D eigenvalue weighted by molar-refractivity contribution is 0.109. The second kappa shape index (κ2) is 6.70. The van der Waals surface area contributed by atoms with E-state index in [1.807, 2.05) is 0 Å². The lowest BCUT2D eigenvalue weighted by atomic mass is 10.2. The van der Waals surface area contributed by atoms with Crippen LogP contribution < -0.4 is 0 Å². The number of hydrogen-bond donors (Lipinski definition) is 0. The minimum absolute atomic E-state index is 0.473. The number of rotatable bonds is 6. The fourth-order valence-electron chi connectivity index (χ4n) is 1.09. The quantitative estimate of drug-likeness (QED) is 0.597. The maximum absolute atomic E-state index is 5.72. The van der Waals surface area contributed by atoms with Gasteiger partial charge in [-0.05, 0) is 19.9 Å². The smallest absolute Gasteiger partial charge is 0.0615 e. The summed E-state index contributed by atoms with van der Waals surface area (Å²) < 4.78 is 5.07. The fourth-order valence-corrected chi connectivity index (χ4v) is 1.19. The molecular weight excluding hydrogens is 174 g/mol. The van der Waals surface area contributed by atoms with Gasteiger partial charge in [0.15, 0.2) is 0 Å². The first kappa shape index (κ1) is 12.2. The number of methoxy groups -OCH3 is 1. The van der Waals surface area contributed by atoms with E-state index in [1.54, 1.807) is 7.11 Å². The SMILES string of the molecule is COCC(C)N(C)CC(C)CCl. The topological polar surface area (TPSA) is 12.5 Å². The standard InChI is InChI=1S/C9H20ClNO/c1-8(5-10)6-11(3)9(2)7-12-4/h8-9H,5-7H2,1-4H3. The second-order valence-electron chi connectivity index (χ2n) is 3.50. The zero-order chi connectivity index (χ0) is 9.56. The van der Waals surface area contributed by atoms with Crippen LogP contribution >= 0.6 is 11.6 Å². The molecule has 0 rings (SSSR count). The van der Waals surface area contributed by atoms with Crippen molar-refractivity contribution < 1.29 is 4.74 Å². The molecule has 0 saturated heterocycles. The largest absolute Gasteiger partial charge is 0.383 e. The predicted molar refractivity (Wildman–Crippen MR) is 53.9 cm³/mol. The van der Waals surface area contributed by atoms with Crippen molar-refractivity contribution in [3.63, 3.8) is 0 Å². The van der Waals surface area contributed by atoms with E-state index in [4.69, 9.17) is 16.3 Å². The summed E-state index contributed by atoms with van der Waals surface area (Å²) in [6.07, 6.45) is 0. The monoisotopic (exact) mass is 193 g/mol. The van der Waals surface area contributed by atoms with Gasteiger partial charge in [0.05, 0.1) is 6.61 Å². The molecule has 0 bridgehead atoms. The molecule has 0 radical (unpaired) electrons. The van der Waals surface area contributed by atoms with Gasteiger partial charge in [0, 0.05) is 25.6 Å². The first-order chi connectivity index (χ1) is 5.61. The molecule has 0 aromatic heterocycles. The maximum atomic E-state index is 5.72. The number of hydrogen-bond acceptors (Lipinski definition) is 2. The molecular formula is C9H20ClNO. The van der Waals surface area contributed by atoms with Crippen LogP contribution in [0.1, 0.15) is 13.8 Å². The number of ether oxygens (including phenoxy) is 1. The molecule has 2 nitrogen and oxygen atoms in total. The Labute approximate surface area is 80.8 Å². The molecule has 0 spiro atoms. The minimum atomic E-state index is 0.473. The van der Waals surface area contributed by atoms with E-state index in [0.717, 1.165) is 19.0 Å². The van der Waals surface area contributed by atoms with E-state index in [9.17, 15) is 0 Å². The zero-order valence-corrected chi connectivity index (χ0v) is 9.27. The molecule has 0 amide bonds. The van der Waals surface area contributed by atoms with Gasteiger partial charge in [-0.25, -0.2) is 0 Å². The van der Waals surface area contributed by atoms with Crippen LogP contribution in [-0.2, 0) is 4.74 Å². The molecule has 3 heteroatoms. The Hall–Kier alpha value is 0.210. The highest BCUT2D eigenvalue weighted by atomic mass is 35.5. The number of likely N-dealkylation sites (N-methyl/N-ethyl adjacent to an activating group) is 1. The highest BCUT2D eigenvalue weighted by Gasteiger charge is 2.11. The van der Waals surface area contributed by atoms with Crippen LogP contribution in [0.5, 0.6) is 0 Å². The van der Waals surface area contributed by atoms with Crippen molar-refractivity contribution in [1.29, 1.82) is 0 Å². The molecule has 2 unspecified atom stereocenters. The normalized spacial score (nSPS) is 16.5. The van der Waals surface area contributed by atoms with Crippen molar-refractivity contribution in [3.8, 4) is 0 Å². The third-order valence-electron chi connectivity index (χ3n) is 2.02. The maximum Gasteiger partial charge on any atom is 0.0615 e. The van der Waals surface area contributed by atoms with Crippen LogP contribution in [0.3, 0.4) is 0 Å². The van der Waals surface area contributed by atoms with Crippen molar-refractivity contribution in [2.45, 2.75) is 19.9 Å². The molecule has 0 fully saturated rings. The third-order valence-corrected chi connectivity index (χ3v) is 2.55. The molecule has 0 aliphatic heterocycles. The summed E-state index contributed by atoms with van der Waals surface area (Å²) in [5.74, 6) is 1.28. The second-order valence-corrected chi connectivity index (χ2v) is 3.81. The van der Waals surface area contributed by atoms with Gasteiger partial charge < -0.3 is 9.64 Å². The lowest BCUT2D eigenvalue weighted by Crippen LogP contribution is -2.36. The molecule has 0 aromatic carbocycles. The van der Waals surface area contributed by atoms with Crippen molar-refractivity contribution in [2.75, 3.05) is 33.2 Å². The molecule has 0 saturated carbocycles. The summed E-state index contributed by atoms with van der Waals surface area (Å²) in [6, 6.07) is 0.473. The van der Waals surface area contributed by atoms with Gasteiger partial charge in [-0.2, -0.15) is 0 Å². The first-order valence-electron chi connectivity index (χ1n) is 4.37. The van der Waals surface area contributed by atoms with Gasteiger partial charge in [0.25, 0.3) is 0 Å². The van der Waals surface area contributed by atoms with Crippen LogP contribution in [0.15, 0.2) is 0 Å². The van der Waals surface area contributed by atoms with E-state index < -0.39 is 0 Å². The summed E-state index contributed by atoms with van der Waals surface area (Å²) in [5, 5.41) is 0. The first-order valence-corrected chi connectivity index (χ1v) is 4.90. The van der Waals surface area contributed by atoms with Gasteiger partial charge in [-0.1, -0.05) is 6.92 Å². The zero-order valence-electron chi connectivity index (χ0n) is 8.51. The Bertz CT molecular complexity index is 111. The Morgan fingerprint density at radius 3 is 2.42 bits per heavy atom. The molecule has 0 aliphatic rings. The molecule has 12 heavy (non-hydrogen) atoms. The average Bonchev–Trinajstić information content (AvgIpc) is 2.04. The van der Waals surface area contributed by atoms with Crippen molar-refractivity contribution >= 4 is 11.6 Å². The van der Waals surface area contributed by atoms with E-state index in [0.29, 0.717) is 12.0 Å². The number of alkyl halides is 1.